The summed E-state index contributed by atoms with van der Waals surface area (Å²) in [5, 5.41) is 9.70. The normalized spacial score (nSPS) is 35.2. The summed E-state index contributed by atoms with van der Waals surface area (Å²) in [5.41, 5.74) is 0. The van der Waals surface area contributed by atoms with Crippen molar-refractivity contribution in [3.63, 3.8) is 0 Å². The standard InChI is InChI=1S/C9H17N3OS/c1-10-4-2-3-7-8-6(5-14-7)11-9(13)12-8/h6-8,10H,2-5H2,1H3,(H2,11,12,13)/t6-,7-,8-/m0/s1. The molecule has 0 aromatic rings. The molecule has 14 heavy (non-hydrogen) atoms. The first-order valence-electron chi connectivity index (χ1n) is 5.14. The van der Waals surface area contributed by atoms with Crippen LogP contribution in [0.1, 0.15) is 12.8 Å². The van der Waals surface area contributed by atoms with Crippen molar-refractivity contribution >= 4 is 17.8 Å². The maximum atomic E-state index is 11.1. The van der Waals surface area contributed by atoms with Gasteiger partial charge in [-0.15, -0.1) is 0 Å². The largest absolute Gasteiger partial charge is 0.332 e. The number of rotatable bonds is 4. The van der Waals surface area contributed by atoms with Gasteiger partial charge in [0.2, 0.25) is 0 Å². The Hall–Kier alpha value is -0.420. The van der Waals surface area contributed by atoms with Crippen molar-refractivity contribution in [1.82, 2.24) is 16.0 Å². The topological polar surface area (TPSA) is 53.2 Å². The zero-order valence-corrected chi connectivity index (χ0v) is 9.19. The fraction of sp³-hybridized carbons (Fsp3) is 0.889. The molecular weight excluding hydrogens is 198 g/mol. The summed E-state index contributed by atoms with van der Waals surface area (Å²) in [6.45, 7) is 1.07. The van der Waals surface area contributed by atoms with E-state index in [4.69, 9.17) is 0 Å². The van der Waals surface area contributed by atoms with Crippen molar-refractivity contribution in [2.75, 3.05) is 19.3 Å². The van der Waals surface area contributed by atoms with Crippen LogP contribution in [-0.2, 0) is 0 Å². The highest BCUT2D eigenvalue weighted by atomic mass is 32.2. The average molecular weight is 215 g/mol. The van der Waals surface area contributed by atoms with Crippen molar-refractivity contribution < 1.29 is 4.79 Å². The third-order valence-corrected chi connectivity index (χ3v) is 4.36. The number of carbonyl (C=O) groups is 1. The van der Waals surface area contributed by atoms with Crippen LogP contribution in [0.5, 0.6) is 0 Å². The molecule has 0 spiro atoms. The molecule has 2 aliphatic heterocycles. The molecule has 0 radical (unpaired) electrons. The molecule has 0 unspecified atom stereocenters. The number of nitrogens with one attached hydrogen (secondary N) is 3. The molecule has 2 fully saturated rings. The van der Waals surface area contributed by atoms with E-state index < -0.39 is 0 Å². The number of hydrogen-bond donors (Lipinski definition) is 3. The third kappa shape index (κ3) is 1.98. The van der Waals surface area contributed by atoms with E-state index in [0.29, 0.717) is 17.3 Å². The second kappa shape index (κ2) is 4.40. The van der Waals surface area contributed by atoms with E-state index in [-0.39, 0.29) is 6.03 Å². The highest BCUT2D eigenvalue weighted by molar-refractivity contribution is 8.00. The van der Waals surface area contributed by atoms with Gasteiger partial charge in [-0.3, -0.25) is 0 Å². The SMILES string of the molecule is CNCCC[C@@H]1SC[C@@H]2NC(=O)N[C@@H]21. The first kappa shape index (κ1) is 10.1. The molecule has 2 rings (SSSR count). The average Bonchev–Trinajstić information content (AvgIpc) is 2.66. The van der Waals surface area contributed by atoms with Gasteiger partial charge in [-0.25, -0.2) is 4.79 Å². The number of thioether (sulfide) groups is 1. The summed E-state index contributed by atoms with van der Waals surface area (Å²) >= 11 is 1.98. The highest BCUT2D eigenvalue weighted by Crippen LogP contribution is 2.32. The van der Waals surface area contributed by atoms with E-state index >= 15 is 0 Å². The quantitative estimate of drug-likeness (QED) is 0.462. The zero-order chi connectivity index (χ0) is 9.97. The number of amides is 2. The Bertz CT molecular complexity index is 224. The minimum atomic E-state index is 0.0129. The Morgan fingerprint density at radius 2 is 2.43 bits per heavy atom. The van der Waals surface area contributed by atoms with Gasteiger partial charge in [-0.1, -0.05) is 0 Å². The fourth-order valence-corrected chi connectivity index (χ4v) is 3.67. The van der Waals surface area contributed by atoms with Gasteiger partial charge in [0.05, 0.1) is 12.1 Å². The molecule has 80 valence electrons. The molecule has 3 N–H and O–H groups in total. The predicted molar refractivity (Wildman–Crippen MR) is 58.7 cm³/mol. The van der Waals surface area contributed by atoms with Crippen LogP contribution < -0.4 is 16.0 Å². The van der Waals surface area contributed by atoms with Gasteiger partial charge in [0, 0.05) is 11.0 Å². The lowest BCUT2D eigenvalue weighted by Gasteiger charge is -2.16. The zero-order valence-electron chi connectivity index (χ0n) is 8.38. The van der Waals surface area contributed by atoms with Crippen LogP contribution in [0.2, 0.25) is 0 Å². The third-order valence-electron chi connectivity index (χ3n) is 2.85. The van der Waals surface area contributed by atoms with E-state index in [9.17, 15) is 4.79 Å². The summed E-state index contributed by atoms with van der Waals surface area (Å²) in [6, 6.07) is 0.746. The molecule has 5 heteroatoms. The smallest absolute Gasteiger partial charge is 0.315 e. The van der Waals surface area contributed by atoms with Gasteiger partial charge < -0.3 is 16.0 Å². The second-order valence-corrected chi connectivity index (χ2v) is 5.14. The Balaban J connectivity index is 1.80. The fourth-order valence-electron chi connectivity index (χ4n) is 2.12. The van der Waals surface area contributed by atoms with E-state index in [2.05, 4.69) is 16.0 Å². The molecule has 3 atom stereocenters. The lowest BCUT2D eigenvalue weighted by atomic mass is 10.0. The molecule has 2 saturated heterocycles. The summed E-state index contributed by atoms with van der Waals surface area (Å²) in [6.07, 6.45) is 2.38. The van der Waals surface area contributed by atoms with Gasteiger partial charge >= 0.3 is 6.03 Å². The lowest BCUT2D eigenvalue weighted by Crippen LogP contribution is -2.37. The molecule has 2 heterocycles. The monoisotopic (exact) mass is 215 g/mol. The minimum Gasteiger partial charge on any atom is -0.332 e. The lowest BCUT2D eigenvalue weighted by molar-refractivity contribution is 0.247. The summed E-state index contributed by atoms with van der Waals surface area (Å²) < 4.78 is 0. The van der Waals surface area contributed by atoms with E-state index in [0.717, 1.165) is 12.3 Å². The first-order chi connectivity index (χ1) is 6.81. The van der Waals surface area contributed by atoms with Gasteiger partial charge in [0.25, 0.3) is 0 Å². The number of fused-ring (bicyclic) bond motifs is 1. The molecule has 0 aliphatic carbocycles. The van der Waals surface area contributed by atoms with Crippen LogP contribution in [0.15, 0.2) is 0 Å². The molecule has 0 aromatic carbocycles. The summed E-state index contributed by atoms with van der Waals surface area (Å²) in [5.74, 6) is 1.06. The Morgan fingerprint density at radius 3 is 3.21 bits per heavy atom. The highest BCUT2D eigenvalue weighted by Gasteiger charge is 2.42. The van der Waals surface area contributed by atoms with E-state index in [1.807, 2.05) is 18.8 Å². The van der Waals surface area contributed by atoms with Crippen LogP contribution in [0.4, 0.5) is 4.79 Å². The van der Waals surface area contributed by atoms with Gasteiger partial charge in [0.15, 0.2) is 0 Å². The van der Waals surface area contributed by atoms with E-state index in [1.165, 1.54) is 12.8 Å². The maximum absolute atomic E-state index is 11.1. The Labute approximate surface area is 88.6 Å². The maximum Gasteiger partial charge on any atom is 0.315 e. The minimum absolute atomic E-state index is 0.0129. The molecule has 0 saturated carbocycles. The Morgan fingerprint density at radius 1 is 1.57 bits per heavy atom. The van der Waals surface area contributed by atoms with Gasteiger partial charge in [-0.2, -0.15) is 11.8 Å². The summed E-state index contributed by atoms with van der Waals surface area (Å²) in [7, 11) is 1.98. The molecule has 0 aromatic heterocycles. The van der Waals surface area contributed by atoms with Crippen LogP contribution in [-0.4, -0.2) is 42.7 Å². The number of hydrogen-bond acceptors (Lipinski definition) is 3. The molecular formula is C9H17N3OS. The van der Waals surface area contributed by atoms with E-state index in [1.54, 1.807) is 0 Å². The molecule has 0 bridgehead atoms. The predicted octanol–water partition coefficient (Wildman–Crippen LogP) is 0.151. The Kier molecular flexibility index (Phi) is 3.18. The molecule has 2 amide bonds. The van der Waals surface area contributed by atoms with Crippen molar-refractivity contribution in [2.45, 2.75) is 30.2 Å². The summed E-state index contributed by atoms with van der Waals surface area (Å²) in [4.78, 5) is 11.1. The van der Waals surface area contributed by atoms with Crippen LogP contribution >= 0.6 is 11.8 Å². The van der Waals surface area contributed by atoms with Crippen molar-refractivity contribution in [1.29, 1.82) is 0 Å². The molecule has 2 aliphatic rings. The van der Waals surface area contributed by atoms with Crippen LogP contribution in [0, 0.1) is 0 Å². The van der Waals surface area contributed by atoms with Gasteiger partial charge in [0.1, 0.15) is 0 Å². The second-order valence-electron chi connectivity index (χ2n) is 3.87. The van der Waals surface area contributed by atoms with Crippen molar-refractivity contribution in [3.05, 3.63) is 0 Å². The number of carbonyl (C=O) groups excluding carboxylic acids is 1. The molecule has 4 nitrogen and oxygen atoms in total. The van der Waals surface area contributed by atoms with Crippen molar-refractivity contribution in [3.8, 4) is 0 Å². The van der Waals surface area contributed by atoms with Crippen LogP contribution in [0.25, 0.3) is 0 Å². The number of urea groups is 1. The first-order valence-corrected chi connectivity index (χ1v) is 6.19. The van der Waals surface area contributed by atoms with Crippen LogP contribution in [0.3, 0.4) is 0 Å². The van der Waals surface area contributed by atoms with Crippen molar-refractivity contribution in [2.24, 2.45) is 0 Å². The van der Waals surface area contributed by atoms with Gasteiger partial charge in [-0.05, 0) is 26.4 Å².